The first-order valence-corrected chi connectivity index (χ1v) is 0. The Bertz CT molecular complexity index is 8.00. The molecule has 0 atom stereocenters. The largest absolute Gasteiger partial charge is 0.412 e. The van der Waals surface area contributed by atoms with E-state index < -0.39 is 0 Å². The van der Waals surface area contributed by atoms with Crippen molar-refractivity contribution in [2.24, 2.45) is 0 Å². The Morgan fingerprint density at radius 1 is 1.00 bits per heavy atom. The van der Waals surface area contributed by atoms with Gasteiger partial charge in [0.05, 0.1) is 0 Å². The van der Waals surface area contributed by atoms with Crippen molar-refractivity contribution in [3.63, 3.8) is 0 Å². The molecule has 0 aromatic carbocycles. The summed E-state index contributed by atoms with van der Waals surface area (Å²) in [6.45, 7) is 0. The summed E-state index contributed by atoms with van der Waals surface area (Å²) in [5.41, 5.74) is 0. The Labute approximate surface area is 68.5 Å². The second-order valence-corrected chi connectivity index (χ2v) is 0. The number of rotatable bonds is 0. The van der Waals surface area contributed by atoms with Crippen LogP contribution in [0, 0.1) is 46.9 Å². The Balaban J connectivity index is 0. The van der Waals surface area contributed by atoms with Gasteiger partial charge in [-0.15, -0.1) is 0 Å². The minimum atomic E-state index is 0. The Kier molecular flexibility index (Phi) is 254. The van der Waals surface area contributed by atoms with E-state index >= 15 is 0 Å². The van der Waals surface area contributed by atoms with E-state index in [2.05, 4.69) is 0 Å². The van der Waals surface area contributed by atoms with Crippen LogP contribution in [0.2, 0.25) is 0 Å². The minimum absolute atomic E-state index is 0. The molecule has 0 amide bonds. The van der Waals surface area contributed by atoms with Gasteiger partial charge in [0.15, 0.2) is 0 Å². The fourth-order valence-electron chi connectivity index (χ4n) is 0. The van der Waals surface area contributed by atoms with E-state index in [1.807, 2.05) is 0 Å². The molecule has 0 radical (unpaired) electrons. The van der Waals surface area contributed by atoms with E-state index in [4.69, 9.17) is 0 Å². The van der Waals surface area contributed by atoms with Crippen molar-refractivity contribution in [3.05, 3.63) is 0 Å². The van der Waals surface area contributed by atoms with Crippen LogP contribution in [0.25, 0.3) is 0 Å². The first kappa shape index (κ1) is 44.7. The first-order valence-electron chi connectivity index (χ1n) is 0. The molecular formula is H9NOSiYb. The van der Waals surface area contributed by atoms with Gasteiger partial charge < -0.3 is 11.6 Å². The van der Waals surface area contributed by atoms with Gasteiger partial charge in [-0.2, -0.15) is 0 Å². The molecule has 0 fully saturated rings. The molecule has 4 heteroatoms. The van der Waals surface area contributed by atoms with Crippen LogP contribution in [-0.2, 0) is 0 Å². The zero-order chi connectivity index (χ0) is 0. The van der Waals surface area contributed by atoms with Gasteiger partial charge in [0.1, 0.15) is 0 Å². The van der Waals surface area contributed by atoms with E-state index in [0.717, 1.165) is 0 Å². The predicted octanol–water partition coefficient (Wildman–Crippen LogP) is -2.11. The normalized spacial score (nSPS) is 0. The quantitative estimate of drug-likeness (QED) is 0.484. The summed E-state index contributed by atoms with van der Waals surface area (Å²) in [7, 11) is 0. The second-order valence-electron chi connectivity index (χ2n) is 0. The smallest absolute Gasteiger partial charge is 0 e. The van der Waals surface area contributed by atoms with E-state index in [1.54, 1.807) is 0 Å². The molecule has 5 N–H and O–H groups in total. The van der Waals surface area contributed by atoms with E-state index in [1.165, 1.54) is 0 Å². The van der Waals surface area contributed by atoms with Crippen molar-refractivity contribution < 1.29 is 52.4 Å². The average molecular weight is 240 g/mol. The van der Waals surface area contributed by atoms with Crippen LogP contribution in [0.1, 0.15) is 0 Å². The average Bonchev–Trinajstić information content (AvgIpc) is 0. The SMILES string of the molecule is N.O.[SiH4].[Yb]. The summed E-state index contributed by atoms with van der Waals surface area (Å²) in [6, 6.07) is 0. The number of hydrogen-bond donors (Lipinski definition) is 1. The third-order valence-electron chi connectivity index (χ3n) is 0. The molecule has 0 saturated carbocycles. The molecule has 38 valence electrons. The van der Waals surface area contributed by atoms with Crippen LogP contribution in [0.4, 0.5) is 0 Å². The molecule has 0 aromatic rings. The van der Waals surface area contributed by atoms with Crippen molar-refractivity contribution >= 4 is 11.0 Å². The van der Waals surface area contributed by atoms with Crippen molar-refractivity contribution in [1.29, 1.82) is 0 Å². The molecule has 0 heterocycles. The van der Waals surface area contributed by atoms with Crippen LogP contribution in [0.3, 0.4) is 0 Å². The van der Waals surface area contributed by atoms with Gasteiger partial charge in [-0.3, -0.25) is 0 Å². The van der Waals surface area contributed by atoms with Crippen LogP contribution in [0.5, 0.6) is 0 Å². The molecule has 0 unspecified atom stereocenters. The van der Waals surface area contributed by atoms with E-state index in [0.29, 0.717) is 0 Å². The topological polar surface area (TPSA) is 66.5 Å². The van der Waals surface area contributed by atoms with Crippen molar-refractivity contribution in [1.82, 2.24) is 6.15 Å². The fraction of sp³-hybridized carbons (Fsp3) is 0. The summed E-state index contributed by atoms with van der Waals surface area (Å²) in [6.07, 6.45) is 0. The van der Waals surface area contributed by atoms with Crippen LogP contribution < -0.4 is 6.15 Å². The predicted molar refractivity (Wildman–Crippen MR) is 20.0 cm³/mol. The van der Waals surface area contributed by atoms with Gasteiger partial charge in [0.25, 0.3) is 0 Å². The van der Waals surface area contributed by atoms with Gasteiger partial charge in [-0.1, -0.05) is 0 Å². The third-order valence-corrected chi connectivity index (χ3v) is 0. The van der Waals surface area contributed by atoms with Gasteiger partial charge in [0.2, 0.25) is 0 Å². The molecule has 0 aliphatic rings. The molecule has 0 aliphatic carbocycles. The van der Waals surface area contributed by atoms with E-state index in [9.17, 15) is 0 Å². The first-order chi connectivity index (χ1) is 0. The van der Waals surface area contributed by atoms with E-state index in [-0.39, 0.29) is 69.5 Å². The molecule has 0 saturated heterocycles. The van der Waals surface area contributed by atoms with Crippen molar-refractivity contribution in [2.75, 3.05) is 0 Å². The summed E-state index contributed by atoms with van der Waals surface area (Å²) in [4.78, 5) is 0. The zero-order valence-electron chi connectivity index (χ0n) is 1.47. The molecule has 0 aliphatic heterocycles. The molecule has 0 rings (SSSR count). The Morgan fingerprint density at radius 2 is 1.00 bits per heavy atom. The monoisotopic (exact) mass is 241 g/mol. The maximum Gasteiger partial charge on any atom is 0 e. The van der Waals surface area contributed by atoms with Crippen LogP contribution in [0.15, 0.2) is 0 Å². The molecular weight excluding hydrogens is 231 g/mol. The summed E-state index contributed by atoms with van der Waals surface area (Å²) >= 11 is 0. The molecule has 2 nitrogen and oxygen atoms in total. The van der Waals surface area contributed by atoms with Crippen molar-refractivity contribution in [3.8, 4) is 0 Å². The van der Waals surface area contributed by atoms with Crippen LogP contribution >= 0.6 is 0 Å². The van der Waals surface area contributed by atoms with Gasteiger partial charge >= 0.3 is 0 Å². The van der Waals surface area contributed by atoms with Gasteiger partial charge in [-0.25, -0.2) is 0 Å². The second kappa shape index (κ2) is 22.7. The van der Waals surface area contributed by atoms with Crippen molar-refractivity contribution in [2.45, 2.75) is 0 Å². The Hall–Kier alpha value is 1.66. The van der Waals surface area contributed by atoms with Gasteiger partial charge in [-0.05, 0) is 11.0 Å². The van der Waals surface area contributed by atoms with Gasteiger partial charge in [0, 0.05) is 46.9 Å². The minimum Gasteiger partial charge on any atom is -0.412 e. The summed E-state index contributed by atoms with van der Waals surface area (Å²) < 4.78 is 0. The summed E-state index contributed by atoms with van der Waals surface area (Å²) in [5, 5.41) is 0. The maximum absolute atomic E-state index is 0. The summed E-state index contributed by atoms with van der Waals surface area (Å²) in [5.74, 6) is 0. The van der Waals surface area contributed by atoms with Crippen LogP contribution in [-0.4, -0.2) is 16.4 Å². The molecule has 0 bridgehead atoms. The molecule has 4 heavy (non-hydrogen) atoms. The Morgan fingerprint density at radius 3 is 1.00 bits per heavy atom. The zero-order valence-corrected chi connectivity index (χ0v) is 3.19. The molecule has 0 spiro atoms. The molecule has 0 aromatic heterocycles. The number of hydrogen-bond acceptors (Lipinski definition) is 1. The third kappa shape index (κ3) is 9.40. The fourth-order valence-corrected chi connectivity index (χ4v) is 0. The maximum atomic E-state index is 0. The standard InChI is InChI=1S/H3N.H2O.H4Si.Yb/h1H3;1H2;1H4;.